The number of amides is 5. The molecule has 8 N–H and O–H groups in total. The quantitative estimate of drug-likeness (QED) is 0.102. The third kappa shape index (κ3) is 12.7. The van der Waals surface area contributed by atoms with Gasteiger partial charge in [-0.05, 0) is 49.3 Å². The maximum atomic E-state index is 13.7. The van der Waals surface area contributed by atoms with Gasteiger partial charge >= 0.3 is 7.82 Å². The molecule has 0 bridgehead atoms. The number of phosphoric acid groups is 1. The predicted octanol–water partition coefficient (Wildman–Crippen LogP) is 0.937. The molecule has 1 aromatic rings. The SMILES string of the molecule is CC(=O)N[C@@H](Cc1ccc(OP(=O)(O)O)cc1)C(=O)NC1(C(=O)N[C@@H](CC(N)=O)C(=O)NCCCC(C)C)CCCCC1. The van der Waals surface area contributed by atoms with E-state index in [2.05, 4.69) is 39.6 Å². The highest BCUT2D eigenvalue weighted by atomic mass is 31.2. The van der Waals surface area contributed by atoms with E-state index >= 15 is 0 Å². The molecule has 0 saturated heterocycles. The zero-order chi connectivity index (χ0) is 32.2. The molecule has 2 rings (SSSR count). The Morgan fingerprint density at radius 2 is 1.60 bits per heavy atom. The molecule has 0 radical (unpaired) electrons. The molecule has 43 heavy (non-hydrogen) atoms. The summed E-state index contributed by atoms with van der Waals surface area (Å²) in [6, 6.07) is 3.30. The van der Waals surface area contributed by atoms with Gasteiger partial charge in [0.05, 0.1) is 6.42 Å². The summed E-state index contributed by atoms with van der Waals surface area (Å²) in [5.41, 5.74) is 4.52. The van der Waals surface area contributed by atoms with Crippen LogP contribution in [0.25, 0.3) is 0 Å². The van der Waals surface area contributed by atoms with Crippen molar-refractivity contribution in [3.05, 3.63) is 29.8 Å². The van der Waals surface area contributed by atoms with Crippen molar-refractivity contribution in [2.75, 3.05) is 6.54 Å². The molecule has 0 unspecified atom stereocenters. The highest BCUT2D eigenvalue weighted by Crippen LogP contribution is 2.37. The third-order valence-corrected chi connectivity index (χ3v) is 7.52. The first-order chi connectivity index (χ1) is 20.1. The van der Waals surface area contributed by atoms with Gasteiger partial charge in [0.1, 0.15) is 23.4 Å². The number of nitrogens with two attached hydrogens (primary N) is 1. The molecule has 5 amide bonds. The Hall–Kier alpha value is -3.48. The number of phosphoric ester groups is 1. The molecule has 1 saturated carbocycles. The monoisotopic (exact) mass is 625 g/mol. The van der Waals surface area contributed by atoms with E-state index in [0.717, 1.165) is 19.3 Å². The van der Waals surface area contributed by atoms with Crippen LogP contribution in [0.5, 0.6) is 5.75 Å². The first-order valence-electron chi connectivity index (χ1n) is 14.4. The van der Waals surface area contributed by atoms with Gasteiger partial charge in [-0.3, -0.25) is 33.8 Å². The summed E-state index contributed by atoms with van der Waals surface area (Å²) in [4.78, 5) is 81.8. The van der Waals surface area contributed by atoms with Crippen LogP contribution in [0.3, 0.4) is 0 Å². The molecule has 0 spiro atoms. The molecule has 14 nitrogen and oxygen atoms in total. The van der Waals surface area contributed by atoms with E-state index in [-0.39, 0.29) is 25.0 Å². The van der Waals surface area contributed by atoms with Crippen molar-refractivity contribution in [1.29, 1.82) is 0 Å². The highest BCUT2D eigenvalue weighted by molar-refractivity contribution is 7.46. The topological polar surface area (TPSA) is 226 Å². The van der Waals surface area contributed by atoms with Crippen molar-refractivity contribution in [3.8, 4) is 5.75 Å². The predicted molar refractivity (Wildman–Crippen MR) is 157 cm³/mol. The first-order valence-corrected chi connectivity index (χ1v) is 15.9. The van der Waals surface area contributed by atoms with Gasteiger partial charge in [0.25, 0.3) is 0 Å². The van der Waals surface area contributed by atoms with Crippen molar-refractivity contribution in [1.82, 2.24) is 21.3 Å². The van der Waals surface area contributed by atoms with E-state index in [1.54, 1.807) is 0 Å². The van der Waals surface area contributed by atoms with Gasteiger partial charge < -0.3 is 31.5 Å². The summed E-state index contributed by atoms with van der Waals surface area (Å²) >= 11 is 0. The van der Waals surface area contributed by atoms with E-state index in [4.69, 9.17) is 15.5 Å². The summed E-state index contributed by atoms with van der Waals surface area (Å²) in [7, 11) is -4.75. The van der Waals surface area contributed by atoms with Crippen LogP contribution in [0, 0.1) is 5.92 Å². The van der Waals surface area contributed by atoms with Crippen LogP contribution in [-0.2, 0) is 35.0 Å². The minimum absolute atomic E-state index is 0.00237. The third-order valence-electron chi connectivity index (χ3n) is 7.07. The Balaban J connectivity index is 2.21. The molecule has 0 heterocycles. The van der Waals surface area contributed by atoms with Crippen molar-refractivity contribution in [2.45, 2.75) is 96.2 Å². The number of primary amides is 1. The van der Waals surface area contributed by atoms with Gasteiger partial charge in [0.2, 0.25) is 29.5 Å². The Kier molecular flexibility index (Phi) is 13.6. The molecule has 240 valence electrons. The highest BCUT2D eigenvalue weighted by Gasteiger charge is 2.43. The number of benzene rings is 1. The van der Waals surface area contributed by atoms with Crippen molar-refractivity contribution in [3.63, 3.8) is 0 Å². The van der Waals surface area contributed by atoms with Crippen LogP contribution < -0.4 is 31.5 Å². The fraction of sp³-hybridized carbons (Fsp3) is 0.607. The van der Waals surface area contributed by atoms with Crippen LogP contribution in [-0.4, -0.2) is 63.5 Å². The van der Waals surface area contributed by atoms with Crippen molar-refractivity contribution < 1.29 is 42.8 Å². The van der Waals surface area contributed by atoms with E-state index in [1.165, 1.54) is 31.2 Å². The minimum Gasteiger partial charge on any atom is -0.404 e. The lowest BCUT2D eigenvalue weighted by Crippen LogP contribution is -2.65. The summed E-state index contributed by atoms with van der Waals surface area (Å²) in [5, 5.41) is 10.8. The van der Waals surface area contributed by atoms with Crippen LogP contribution in [0.15, 0.2) is 24.3 Å². The van der Waals surface area contributed by atoms with Crippen LogP contribution in [0.4, 0.5) is 0 Å². The lowest BCUT2D eigenvalue weighted by Gasteiger charge is -2.38. The van der Waals surface area contributed by atoms with Crippen LogP contribution >= 0.6 is 7.82 Å². The molecular formula is C28H44N5O9P. The van der Waals surface area contributed by atoms with Crippen LogP contribution in [0.2, 0.25) is 0 Å². The summed E-state index contributed by atoms with van der Waals surface area (Å²) in [5.74, 6) is -2.68. The van der Waals surface area contributed by atoms with Gasteiger partial charge in [0.15, 0.2) is 0 Å². The fourth-order valence-electron chi connectivity index (χ4n) is 4.95. The zero-order valence-electron chi connectivity index (χ0n) is 24.9. The Morgan fingerprint density at radius 1 is 0.977 bits per heavy atom. The van der Waals surface area contributed by atoms with Crippen LogP contribution in [0.1, 0.15) is 77.7 Å². The molecule has 1 aliphatic rings. The largest absolute Gasteiger partial charge is 0.524 e. The number of nitrogens with one attached hydrogen (secondary N) is 4. The van der Waals surface area contributed by atoms with Gasteiger partial charge in [-0.2, -0.15) is 0 Å². The first kappa shape index (κ1) is 35.7. The Bertz CT molecular complexity index is 1180. The molecule has 2 atom stereocenters. The second-order valence-electron chi connectivity index (χ2n) is 11.3. The zero-order valence-corrected chi connectivity index (χ0v) is 25.8. The summed E-state index contributed by atoms with van der Waals surface area (Å²) in [6.07, 6.45) is 3.86. The molecule has 1 aliphatic carbocycles. The minimum atomic E-state index is -4.75. The van der Waals surface area contributed by atoms with E-state index in [9.17, 15) is 28.5 Å². The average Bonchev–Trinajstić information content (AvgIpc) is 2.90. The van der Waals surface area contributed by atoms with Gasteiger partial charge in [-0.1, -0.05) is 45.2 Å². The summed E-state index contributed by atoms with van der Waals surface area (Å²) in [6.45, 7) is 5.74. The van der Waals surface area contributed by atoms with E-state index < -0.39 is 61.4 Å². The lowest BCUT2D eigenvalue weighted by molar-refractivity contribution is -0.139. The van der Waals surface area contributed by atoms with E-state index in [1.807, 2.05) is 0 Å². The molecular weight excluding hydrogens is 581 g/mol. The second kappa shape index (κ2) is 16.4. The fourth-order valence-corrected chi connectivity index (χ4v) is 5.35. The number of hydrogen-bond acceptors (Lipinski definition) is 7. The molecule has 0 aromatic heterocycles. The average molecular weight is 626 g/mol. The summed E-state index contributed by atoms with van der Waals surface area (Å²) < 4.78 is 15.6. The van der Waals surface area contributed by atoms with Gasteiger partial charge in [-0.25, -0.2) is 4.57 Å². The van der Waals surface area contributed by atoms with Gasteiger partial charge in [0, 0.05) is 19.9 Å². The number of hydrogen-bond donors (Lipinski definition) is 7. The van der Waals surface area contributed by atoms with Crippen molar-refractivity contribution >= 4 is 37.4 Å². The van der Waals surface area contributed by atoms with Crippen molar-refractivity contribution in [2.24, 2.45) is 11.7 Å². The smallest absolute Gasteiger partial charge is 0.404 e. The Morgan fingerprint density at radius 3 is 2.14 bits per heavy atom. The maximum absolute atomic E-state index is 13.7. The normalized spacial score (nSPS) is 16.0. The number of rotatable bonds is 16. The molecule has 1 aromatic carbocycles. The lowest BCUT2D eigenvalue weighted by atomic mass is 9.80. The standard InChI is InChI=1S/C28H44N5O9P/c1-18(2)8-7-15-30-25(36)23(17-24(29)35)32-27(38)28(13-5-4-6-14-28)33-26(37)22(31-19(3)34)16-20-9-11-21(12-10-20)42-43(39,40)41/h9-12,18,22-23H,4-8,13-17H2,1-3H3,(H2,29,35)(H,30,36)(H,31,34)(H,32,38)(H,33,37)(H2,39,40,41)/t22-,23-/m0/s1. The molecule has 0 aliphatic heterocycles. The van der Waals surface area contributed by atoms with E-state index in [0.29, 0.717) is 30.9 Å². The molecule has 1 fully saturated rings. The second-order valence-corrected chi connectivity index (χ2v) is 12.5. The number of carbonyl (C=O) groups excluding carboxylic acids is 5. The molecule has 15 heteroatoms. The van der Waals surface area contributed by atoms with Gasteiger partial charge in [-0.15, -0.1) is 0 Å². The Labute approximate surface area is 251 Å². The maximum Gasteiger partial charge on any atom is 0.524 e. The number of carbonyl (C=O) groups is 5.